The Labute approximate surface area is 177 Å². The second kappa shape index (κ2) is 6.07. The van der Waals surface area contributed by atoms with Gasteiger partial charge in [-0.1, -0.05) is 41.4 Å². The summed E-state index contributed by atoms with van der Waals surface area (Å²) < 4.78 is 5.78. The van der Waals surface area contributed by atoms with E-state index in [2.05, 4.69) is 17.3 Å². The maximum Gasteiger partial charge on any atom is 0.254 e. The minimum Gasteiger partial charge on any atom is -0.455 e. The molecule has 0 radical (unpaired) electrons. The summed E-state index contributed by atoms with van der Waals surface area (Å²) in [5.41, 5.74) is 0.667. The van der Waals surface area contributed by atoms with Gasteiger partial charge in [0, 0.05) is 5.56 Å². The van der Waals surface area contributed by atoms with Crippen molar-refractivity contribution < 1.29 is 14.0 Å². The Morgan fingerprint density at radius 2 is 1.69 bits per heavy atom. The van der Waals surface area contributed by atoms with E-state index in [9.17, 15) is 9.59 Å². The highest BCUT2D eigenvalue weighted by Crippen LogP contribution is 2.65. The summed E-state index contributed by atoms with van der Waals surface area (Å²) in [6.07, 6.45) is 6.84. The molecule has 7 heteroatoms. The van der Waals surface area contributed by atoms with Gasteiger partial charge >= 0.3 is 0 Å². The number of carbonyl (C=O) groups is 2. The van der Waals surface area contributed by atoms with Gasteiger partial charge in [-0.2, -0.15) is 10.1 Å². The average molecular weight is 427 g/mol. The van der Waals surface area contributed by atoms with Crippen molar-refractivity contribution in [3.05, 3.63) is 58.3 Å². The topological polar surface area (TPSA) is 62.9 Å². The molecule has 1 aliphatic heterocycles. The summed E-state index contributed by atoms with van der Waals surface area (Å²) in [6.45, 7) is 0. The summed E-state index contributed by atoms with van der Waals surface area (Å²) in [4.78, 5) is 25.9. The van der Waals surface area contributed by atoms with E-state index in [1.807, 2.05) is 0 Å². The van der Waals surface area contributed by atoms with Crippen molar-refractivity contribution in [2.45, 2.75) is 6.42 Å². The molecular formula is C22H16Cl2N2O3. The number of carbonyl (C=O) groups excluding carboxylic acids is 2. The standard InChI is InChI=1S/C22H16Cl2N2O3/c23-16-3-1-2-13(20(16)24)17-7-4-10(29-17)9-25-26-21(27)18-11-5-6-12(15-8-14(11)15)19(18)22(26)28/h1-7,9,11-12,14-15,18-19H,8H2/b25-9-/t11-,12-,14-,15-,18+,19+/m0/s1. The molecular weight excluding hydrogens is 411 g/mol. The second-order valence-corrected chi connectivity index (χ2v) is 8.98. The van der Waals surface area contributed by atoms with E-state index in [-0.39, 0.29) is 35.5 Å². The van der Waals surface area contributed by atoms with Gasteiger partial charge in [0.1, 0.15) is 11.5 Å². The van der Waals surface area contributed by atoms with Crippen LogP contribution in [0.15, 0.2) is 52.0 Å². The molecule has 1 saturated heterocycles. The molecule has 0 spiro atoms. The molecule has 0 unspecified atom stereocenters. The number of allylic oxidation sites excluding steroid dienone is 2. The first-order chi connectivity index (χ1) is 14.0. The monoisotopic (exact) mass is 426 g/mol. The summed E-state index contributed by atoms with van der Waals surface area (Å²) in [5, 5.41) is 6.08. The maximum absolute atomic E-state index is 12.9. The SMILES string of the molecule is O=C1[C@@H]2[C@H]3C=C[C@@H]([C@@H]4C[C@@H]34)[C@H]2C(=O)N1/N=C\c1ccc(-c2cccc(Cl)c2Cl)o1. The number of nitrogens with zero attached hydrogens (tertiary/aromatic N) is 2. The van der Waals surface area contributed by atoms with E-state index in [0.717, 1.165) is 11.4 Å². The lowest BCUT2D eigenvalue weighted by Gasteiger charge is -2.37. The van der Waals surface area contributed by atoms with Crippen molar-refractivity contribution in [3.8, 4) is 11.3 Å². The summed E-state index contributed by atoms with van der Waals surface area (Å²) in [6, 6.07) is 8.77. The van der Waals surface area contributed by atoms with Gasteiger partial charge in [0.2, 0.25) is 0 Å². The summed E-state index contributed by atoms with van der Waals surface area (Å²) >= 11 is 12.3. The molecule has 7 rings (SSSR count). The Morgan fingerprint density at radius 1 is 1.00 bits per heavy atom. The van der Waals surface area contributed by atoms with Crippen LogP contribution < -0.4 is 0 Å². The van der Waals surface area contributed by atoms with E-state index < -0.39 is 0 Å². The van der Waals surface area contributed by atoms with Crippen LogP contribution in [-0.2, 0) is 9.59 Å². The maximum atomic E-state index is 12.9. The van der Waals surface area contributed by atoms with Crippen LogP contribution in [0.25, 0.3) is 11.3 Å². The minimum atomic E-state index is -0.254. The number of imide groups is 1. The van der Waals surface area contributed by atoms with Crippen molar-refractivity contribution in [1.82, 2.24) is 5.01 Å². The number of furan rings is 1. The van der Waals surface area contributed by atoms with Crippen LogP contribution in [0.4, 0.5) is 0 Å². The van der Waals surface area contributed by atoms with E-state index in [4.69, 9.17) is 27.6 Å². The molecule has 146 valence electrons. The smallest absolute Gasteiger partial charge is 0.254 e. The quantitative estimate of drug-likeness (QED) is 0.407. The Balaban J connectivity index is 1.26. The third kappa shape index (κ3) is 2.44. The molecule has 2 heterocycles. The fourth-order valence-electron chi connectivity index (χ4n) is 5.43. The largest absolute Gasteiger partial charge is 0.455 e. The highest BCUT2D eigenvalue weighted by Gasteiger charge is 2.67. The number of benzene rings is 1. The molecule has 1 aromatic heterocycles. The number of hydrogen-bond acceptors (Lipinski definition) is 4. The van der Waals surface area contributed by atoms with Gasteiger partial charge in [-0.3, -0.25) is 9.59 Å². The number of halogens is 2. The Kier molecular flexibility index (Phi) is 3.66. The number of rotatable bonds is 3. The minimum absolute atomic E-state index is 0.187. The van der Waals surface area contributed by atoms with Crippen molar-refractivity contribution >= 4 is 41.2 Å². The molecule has 0 N–H and O–H groups in total. The zero-order valence-corrected chi connectivity index (χ0v) is 16.7. The van der Waals surface area contributed by atoms with Gasteiger partial charge in [-0.25, -0.2) is 0 Å². The van der Waals surface area contributed by atoms with Gasteiger partial charge in [0.05, 0.1) is 28.1 Å². The van der Waals surface area contributed by atoms with Gasteiger partial charge in [-0.05, 0) is 54.4 Å². The molecule has 2 saturated carbocycles. The molecule has 5 aliphatic rings. The van der Waals surface area contributed by atoms with Crippen LogP contribution in [0.3, 0.4) is 0 Å². The van der Waals surface area contributed by atoms with E-state index in [1.54, 1.807) is 30.3 Å². The first-order valence-corrected chi connectivity index (χ1v) is 10.4. The summed E-state index contributed by atoms with van der Waals surface area (Å²) in [5.74, 6) is 1.59. The molecule has 2 amide bonds. The molecule has 3 fully saturated rings. The van der Waals surface area contributed by atoms with Crippen molar-refractivity contribution in [2.75, 3.05) is 0 Å². The Morgan fingerprint density at radius 3 is 2.38 bits per heavy atom. The fraction of sp³-hybridized carbons (Fsp3) is 0.318. The predicted octanol–water partition coefficient (Wildman–Crippen LogP) is 4.64. The molecule has 2 aromatic rings. The lowest BCUT2D eigenvalue weighted by molar-refractivity contribution is -0.140. The molecule has 2 bridgehead atoms. The zero-order chi connectivity index (χ0) is 19.9. The molecule has 29 heavy (non-hydrogen) atoms. The normalized spacial score (nSPS) is 34.2. The zero-order valence-electron chi connectivity index (χ0n) is 15.2. The number of amides is 2. The van der Waals surface area contributed by atoms with Gasteiger partial charge in [0.25, 0.3) is 11.8 Å². The van der Waals surface area contributed by atoms with E-state index in [1.165, 1.54) is 6.21 Å². The second-order valence-electron chi connectivity index (χ2n) is 8.19. The predicted molar refractivity (Wildman–Crippen MR) is 108 cm³/mol. The highest BCUT2D eigenvalue weighted by molar-refractivity contribution is 6.43. The van der Waals surface area contributed by atoms with Crippen LogP contribution in [0.2, 0.25) is 10.0 Å². The first kappa shape index (κ1) is 17.5. The van der Waals surface area contributed by atoms with Gasteiger partial charge in [-0.15, -0.1) is 0 Å². The molecule has 5 nitrogen and oxygen atoms in total. The average Bonchev–Trinajstić information content (AvgIpc) is 3.36. The lowest BCUT2D eigenvalue weighted by Crippen LogP contribution is -2.40. The van der Waals surface area contributed by atoms with Crippen LogP contribution >= 0.6 is 23.2 Å². The van der Waals surface area contributed by atoms with Crippen molar-refractivity contribution in [3.63, 3.8) is 0 Å². The Hall–Kier alpha value is -2.37. The molecule has 4 aliphatic carbocycles. The van der Waals surface area contributed by atoms with Crippen LogP contribution in [-0.4, -0.2) is 23.0 Å². The van der Waals surface area contributed by atoms with Crippen molar-refractivity contribution in [1.29, 1.82) is 0 Å². The van der Waals surface area contributed by atoms with E-state index in [0.29, 0.717) is 39.0 Å². The highest BCUT2D eigenvalue weighted by atomic mass is 35.5. The van der Waals surface area contributed by atoms with E-state index >= 15 is 0 Å². The molecule has 1 aromatic carbocycles. The number of hydrazone groups is 1. The Bertz CT molecular complexity index is 1090. The summed E-state index contributed by atoms with van der Waals surface area (Å²) in [7, 11) is 0. The van der Waals surface area contributed by atoms with Crippen LogP contribution in [0, 0.1) is 35.5 Å². The van der Waals surface area contributed by atoms with Gasteiger partial charge < -0.3 is 4.42 Å². The first-order valence-electron chi connectivity index (χ1n) is 9.69. The fourth-order valence-corrected chi connectivity index (χ4v) is 5.82. The van der Waals surface area contributed by atoms with Crippen molar-refractivity contribution in [2.24, 2.45) is 40.6 Å². The van der Waals surface area contributed by atoms with Gasteiger partial charge in [0.15, 0.2) is 0 Å². The lowest BCUT2D eigenvalue weighted by atomic mass is 9.63. The van der Waals surface area contributed by atoms with Crippen LogP contribution in [0.5, 0.6) is 0 Å². The third-order valence-electron chi connectivity index (χ3n) is 6.78. The molecule has 6 atom stereocenters. The number of hydrogen-bond donors (Lipinski definition) is 0. The van der Waals surface area contributed by atoms with Crippen LogP contribution in [0.1, 0.15) is 12.2 Å². The third-order valence-corrected chi connectivity index (χ3v) is 7.60.